The molecule has 1 aliphatic heterocycles. The minimum Gasteiger partial charge on any atom is -0.463 e. The molecule has 2 heterocycles. The molecule has 170 valence electrons. The molecular weight excluding hydrogens is 420 g/mol. The van der Waals surface area contributed by atoms with Gasteiger partial charge in [-0.25, -0.2) is 0 Å². The Morgan fingerprint density at radius 3 is 2.38 bits per heavy atom. The largest absolute Gasteiger partial charge is 0.463 e. The van der Waals surface area contributed by atoms with E-state index in [0.717, 1.165) is 5.56 Å². The van der Waals surface area contributed by atoms with E-state index in [9.17, 15) is 30.3 Å². The summed E-state index contributed by atoms with van der Waals surface area (Å²) in [6, 6.07) is 10.2. The fraction of sp³-hybridized carbons (Fsp3) is 0.348. The first-order chi connectivity index (χ1) is 15.3. The normalized spacial score (nSPS) is 25.8. The Balaban J connectivity index is 1.71. The van der Waals surface area contributed by atoms with Gasteiger partial charge in [0.1, 0.15) is 42.0 Å². The Hall–Kier alpha value is -2.79. The van der Waals surface area contributed by atoms with Gasteiger partial charge in [0.05, 0.1) is 24.2 Å². The van der Waals surface area contributed by atoms with Crippen LogP contribution in [0, 0.1) is 6.92 Å². The number of ether oxygens (including phenoxy) is 2. The van der Waals surface area contributed by atoms with E-state index in [1.165, 1.54) is 18.4 Å². The zero-order chi connectivity index (χ0) is 23.0. The number of hydrogen-bond acceptors (Lipinski definition) is 9. The molecule has 2 aromatic carbocycles. The maximum absolute atomic E-state index is 13.1. The van der Waals surface area contributed by atoms with E-state index in [2.05, 4.69) is 0 Å². The van der Waals surface area contributed by atoms with E-state index in [4.69, 9.17) is 13.9 Å². The molecule has 4 rings (SSSR count). The van der Waals surface area contributed by atoms with Crippen LogP contribution in [0.5, 0.6) is 5.75 Å². The fourth-order valence-electron chi connectivity index (χ4n) is 3.66. The Morgan fingerprint density at radius 2 is 1.72 bits per heavy atom. The molecular formula is C23H24O9. The van der Waals surface area contributed by atoms with E-state index in [0.29, 0.717) is 11.1 Å². The molecule has 0 radical (unpaired) electrons. The molecule has 32 heavy (non-hydrogen) atoms. The van der Waals surface area contributed by atoms with Crippen LogP contribution in [0.1, 0.15) is 11.1 Å². The predicted octanol–water partition coefficient (Wildman–Crippen LogP) is 0.439. The minimum atomic E-state index is -1.62. The molecule has 5 atom stereocenters. The lowest BCUT2D eigenvalue weighted by atomic mass is 9.99. The van der Waals surface area contributed by atoms with Gasteiger partial charge in [0.2, 0.25) is 11.7 Å². The van der Waals surface area contributed by atoms with Crippen molar-refractivity contribution < 1.29 is 39.4 Å². The molecule has 1 fully saturated rings. The number of fused-ring (bicyclic) bond motifs is 1. The van der Waals surface area contributed by atoms with Crippen molar-refractivity contribution in [2.45, 2.75) is 44.2 Å². The van der Waals surface area contributed by atoms with Crippen LogP contribution in [0.2, 0.25) is 0 Å². The molecule has 1 saturated heterocycles. The molecule has 9 nitrogen and oxygen atoms in total. The van der Waals surface area contributed by atoms with Crippen molar-refractivity contribution in [2.24, 2.45) is 0 Å². The van der Waals surface area contributed by atoms with Crippen LogP contribution in [0.25, 0.3) is 22.1 Å². The average molecular weight is 444 g/mol. The average Bonchev–Trinajstić information content (AvgIpc) is 2.80. The molecule has 0 aliphatic carbocycles. The van der Waals surface area contributed by atoms with Crippen LogP contribution in [-0.4, -0.2) is 62.8 Å². The quantitative estimate of drug-likeness (QED) is 0.378. The first-order valence-electron chi connectivity index (χ1n) is 10.1. The zero-order valence-electron chi connectivity index (χ0n) is 17.2. The second kappa shape index (κ2) is 8.99. The maximum Gasteiger partial charge on any atom is 0.229 e. The van der Waals surface area contributed by atoms with Crippen LogP contribution in [-0.2, 0) is 11.3 Å². The first-order valence-corrected chi connectivity index (χ1v) is 10.1. The summed E-state index contributed by atoms with van der Waals surface area (Å²) in [7, 11) is 0. The number of aliphatic hydroxyl groups is 5. The van der Waals surface area contributed by atoms with Gasteiger partial charge in [0.15, 0.2) is 0 Å². The molecule has 1 aliphatic rings. The molecule has 3 aromatic rings. The molecule has 0 bridgehead atoms. The second-order valence-electron chi connectivity index (χ2n) is 7.77. The summed E-state index contributed by atoms with van der Waals surface area (Å²) in [6.07, 6.45) is -6.00. The Kier molecular flexibility index (Phi) is 6.29. The summed E-state index contributed by atoms with van der Waals surface area (Å²) in [5.41, 5.74) is 2.23. The van der Waals surface area contributed by atoms with Crippen LogP contribution < -0.4 is 10.2 Å². The summed E-state index contributed by atoms with van der Waals surface area (Å²) < 4.78 is 16.6. The second-order valence-corrected chi connectivity index (χ2v) is 7.77. The molecule has 0 spiro atoms. The highest BCUT2D eigenvalue weighted by atomic mass is 16.7. The molecule has 1 aromatic heterocycles. The highest BCUT2D eigenvalue weighted by molar-refractivity contribution is 5.83. The molecule has 9 heteroatoms. The van der Waals surface area contributed by atoms with Crippen LogP contribution >= 0.6 is 0 Å². The summed E-state index contributed by atoms with van der Waals surface area (Å²) in [4.78, 5) is 13.1. The Labute approximate surface area is 182 Å². The number of benzene rings is 2. The number of hydrogen-bond donors (Lipinski definition) is 5. The maximum atomic E-state index is 13.1. The number of aliphatic hydroxyl groups excluding tert-OH is 5. The lowest BCUT2D eigenvalue weighted by Gasteiger charge is -2.39. The van der Waals surface area contributed by atoms with Crippen molar-refractivity contribution in [1.82, 2.24) is 0 Å². The first kappa shape index (κ1) is 22.4. The molecule has 5 N–H and O–H groups in total. The van der Waals surface area contributed by atoms with Gasteiger partial charge in [-0.05, 0) is 18.6 Å². The standard InChI is InChI=1S/C23H24O9/c1-11-2-4-12(5-3-11)15-10-30-17-7-16(13(8-24)6-14(17)19(15)26)31-23-22(29)21(28)20(27)18(9-25)32-23/h2-7,10,18,20-25,27-29H,8-9H2,1H3. The lowest BCUT2D eigenvalue weighted by Crippen LogP contribution is -2.60. The van der Waals surface area contributed by atoms with Crippen molar-refractivity contribution in [3.8, 4) is 16.9 Å². The topological polar surface area (TPSA) is 150 Å². The predicted molar refractivity (Wildman–Crippen MR) is 113 cm³/mol. The Bertz CT molecular complexity index is 1150. The minimum absolute atomic E-state index is 0.0514. The third kappa shape index (κ3) is 4.02. The van der Waals surface area contributed by atoms with E-state index in [1.807, 2.05) is 31.2 Å². The van der Waals surface area contributed by atoms with Crippen molar-refractivity contribution >= 4 is 11.0 Å². The van der Waals surface area contributed by atoms with E-state index >= 15 is 0 Å². The summed E-state index contributed by atoms with van der Waals surface area (Å²) in [5, 5.41) is 49.5. The van der Waals surface area contributed by atoms with Gasteiger partial charge in [-0.2, -0.15) is 0 Å². The highest BCUT2D eigenvalue weighted by Gasteiger charge is 2.44. The Morgan fingerprint density at radius 1 is 1.00 bits per heavy atom. The van der Waals surface area contributed by atoms with Gasteiger partial charge in [-0.15, -0.1) is 0 Å². The molecule has 5 unspecified atom stereocenters. The van der Waals surface area contributed by atoms with Crippen LogP contribution in [0.3, 0.4) is 0 Å². The lowest BCUT2D eigenvalue weighted by molar-refractivity contribution is -0.277. The van der Waals surface area contributed by atoms with Crippen molar-refractivity contribution in [3.63, 3.8) is 0 Å². The fourth-order valence-corrected chi connectivity index (χ4v) is 3.66. The van der Waals surface area contributed by atoms with Crippen molar-refractivity contribution in [1.29, 1.82) is 0 Å². The summed E-state index contributed by atoms with van der Waals surface area (Å²) in [5.74, 6) is 0.0514. The number of aryl methyl sites for hydroxylation is 1. The molecule has 0 amide bonds. The van der Waals surface area contributed by atoms with Gasteiger partial charge >= 0.3 is 0 Å². The van der Waals surface area contributed by atoms with Crippen molar-refractivity contribution in [2.75, 3.05) is 6.61 Å². The highest BCUT2D eigenvalue weighted by Crippen LogP contribution is 2.30. The third-order valence-corrected chi connectivity index (χ3v) is 5.58. The van der Waals surface area contributed by atoms with Crippen LogP contribution in [0.15, 0.2) is 51.9 Å². The van der Waals surface area contributed by atoms with Gasteiger partial charge in [-0.1, -0.05) is 29.8 Å². The van der Waals surface area contributed by atoms with Gasteiger partial charge < -0.3 is 39.4 Å². The summed E-state index contributed by atoms with van der Waals surface area (Å²) in [6.45, 7) is 0.847. The van der Waals surface area contributed by atoms with Gasteiger partial charge in [0, 0.05) is 11.6 Å². The summed E-state index contributed by atoms with van der Waals surface area (Å²) >= 11 is 0. The van der Waals surface area contributed by atoms with Crippen LogP contribution in [0.4, 0.5) is 0 Å². The third-order valence-electron chi connectivity index (χ3n) is 5.58. The van der Waals surface area contributed by atoms with E-state index < -0.39 is 43.9 Å². The van der Waals surface area contributed by atoms with E-state index in [1.54, 1.807) is 0 Å². The zero-order valence-corrected chi connectivity index (χ0v) is 17.2. The van der Waals surface area contributed by atoms with Gasteiger partial charge in [0.25, 0.3) is 0 Å². The molecule has 0 saturated carbocycles. The van der Waals surface area contributed by atoms with Gasteiger partial charge in [-0.3, -0.25) is 4.79 Å². The smallest absolute Gasteiger partial charge is 0.229 e. The number of rotatable bonds is 5. The SMILES string of the molecule is Cc1ccc(-c2coc3cc(OC4OC(CO)C(O)C(O)C4O)c(CO)cc3c2=O)cc1. The van der Waals surface area contributed by atoms with E-state index in [-0.39, 0.29) is 27.7 Å². The monoisotopic (exact) mass is 444 g/mol. The van der Waals surface area contributed by atoms with Crippen molar-refractivity contribution in [3.05, 3.63) is 64.0 Å².